The van der Waals surface area contributed by atoms with Crippen molar-refractivity contribution in [3.63, 3.8) is 0 Å². The highest BCUT2D eigenvalue weighted by molar-refractivity contribution is 5.91. The number of amides is 1. The van der Waals surface area contributed by atoms with Gasteiger partial charge in [-0.1, -0.05) is 13.0 Å². The molecule has 0 spiro atoms. The van der Waals surface area contributed by atoms with Crippen LogP contribution < -0.4 is 10.6 Å². The van der Waals surface area contributed by atoms with E-state index in [4.69, 9.17) is 10.5 Å². The molecule has 1 heterocycles. The highest BCUT2D eigenvalue weighted by Gasteiger charge is 2.29. The van der Waals surface area contributed by atoms with Gasteiger partial charge in [-0.15, -0.1) is 0 Å². The summed E-state index contributed by atoms with van der Waals surface area (Å²) in [6, 6.07) is 5.95. The molecule has 4 heteroatoms. The van der Waals surface area contributed by atoms with E-state index in [0.29, 0.717) is 13.1 Å². The minimum Gasteiger partial charge on any atom is -0.441 e. The second-order valence-corrected chi connectivity index (χ2v) is 4.27. The molecule has 1 aromatic rings. The van der Waals surface area contributed by atoms with E-state index >= 15 is 0 Å². The second kappa shape index (κ2) is 4.75. The van der Waals surface area contributed by atoms with Crippen molar-refractivity contribution in [2.75, 3.05) is 11.4 Å². The van der Waals surface area contributed by atoms with Gasteiger partial charge in [-0.3, -0.25) is 4.90 Å². The van der Waals surface area contributed by atoms with Crippen LogP contribution in [0, 0.1) is 0 Å². The van der Waals surface area contributed by atoms with Crippen LogP contribution in [0.4, 0.5) is 10.5 Å². The molecule has 0 fully saturated rings. The van der Waals surface area contributed by atoms with Crippen LogP contribution in [0.2, 0.25) is 0 Å². The smallest absolute Gasteiger partial charge is 0.414 e. The number of carbonyl (C=O) groups is 1. The molecule has 0 saturated carbocycles. The van der Waals surface area contributed by atoms with Crippen LogP contribution in [0.1, 0.15) is 37.5 Å². The normalized spacial score (nSPS) is 18.9. The summed E-state index contributed by atoms with van der Waals surface area (Å²) in [7, 11) is 0. The van der Waals surface area contributed by atoms with Crippen molar-refractivity contribution < 1.29 is 9.53 Å². The molecule has 17 heavy (non-hydrogen) atoms. The fraction of sp³-hybridized carbons (Fsp3) is 0.462. The van der Waals surface area contributed by atoms with Gasteiger partial charge in [-0.05, 0) is 31.0 Å². The topological polar surface area (TPSA) is 55.6 Å². The lowest BCUT2D eigenvalue weighted by molar-refractivity contribution is 0.107. The lowest BCUT2D eigenvalue weighted by atomic mass is 10.0. The molecule has 2 N–H and O–H groups in total. The van der Waals surface area contributed by atoms with Gasteiger partial charge >= 0.3 is 6.09 Å². The van der Waals surface area contributed by atoms with Crippen molar-refractivity contribution >= 4 is 11.8 Å². The molecule has 1 amide bonds. The molecule has 92 valence electrons. The minimum absolute atomic E-state index is 0.197. The number of nitrogens with two attached hydrogens (primary N) is 1. The Labute approximate surface area is 101 Å². The Morgan fingerprint density at radius 3 is 2.88 bits per heavy atom. The molecule has 1 aliphatic heterocycles. The highest BCUT2D eigenvalue weighted by atomic mass is 16.6. The van der Waals surface area contributed by atoms with Gasteiger partial charge in [-0.25, -0.2) is 4.79 Å². The molecular weight excluding hydrogens is 216 g/mol. The van der Waals surface area contributed by atoms with Crippen molar-refractivity contribution in [2.45, 2.75) is 32.9 Å². The summed E-state index contributed by atoms with van der Waals surface area (Å²) in [6.07, 6.45) is 0.450. The Bertz CT molecular complexity index is 431. The van der Waals surface area contributed by atoms with Gasteiger partial charge in [0.15, 0.2) is 0 Å². The fourth-order valence-corrected chi connectivity index (χ4v) is 2.11. The standard InChI is InChI=1S/C13H18N2O2/c1-3-6-15-12-5-4-10(8-14)7-11(12)9(2)17-13(15)16/h4-5,7,9H,3,6,8,14H2,1-2H3. The monoisotopic (exact) mass is 234 g/mol. The number of anilines is 1. The van der Waals surface area contributed by atoms with Crippen LogP contribution in [0.25, 0.3) is 0 Å². The van der Waals surface area contributed by atoms with Crippen LogP contribution in [0.3, 0.4) is 0 Å². The zero-order chi connectivity index (χ0) is 12.4. The van der Waals surface area contributed by atoms with Crippen LogP contribution in [-0.4, -0.2) is 12.6 Å². The fourth-order valence-electron chi connectivity index (χ4n) is 2.11. The molecule has 1 unspecified atom stereocenters. The quantitative estimate of drug-likeness (QED) is 0.874. The summed E-state index contributed by atoms with van der Waals surface area (Å²) >= 11 is 0. The SMILES string of the molecule is CCCN1C(=O)OC(C)c2cc(CN)ccc21. The number of cyclic esters (lactones) is 1. The number of ether oxygens (including phenoxy) is 1. The van der Waals surface area contributed by atoms with Crippen LogP contribution in [0.5, 0.6) is 0 Å². The van der Waals surface area contributed by atoms with Gasteiger partial charge in [0.1, 0.15) is 6.10 Å². The van der Waals surface area contributed by atoms with Gasteiger partial charge in [0.25, 0.3) is 0 Å². The Morgan fingerprint density at radius 1 is 1.47 bits per heavy atom. The summed E-state index contributed by atoms with van der Waals surface area (Å²) in [5.41, 5.74) is 8.68. The van der Waals surface area contributed by atoms with Crippen molar-refractivity contribution in [1.82, 2.24) is 0 Å². The molecule has 2 rings (SSSR count). The first-order valence-electron chi connectivity index (χ1n) is 5.98. The molecule has 0 aromatic heterocycles. The maximum atomic E-state index is 11.8. The molecule has 0 radical (unpaired) electrons. The summed E-state index contributed by atoms with van der Waals surface area (Å²) in [5, 5.41) is 0. The second-order valence-electron chi connectivity index (χ2n) is 4.27. The van der Waals surface area contributed by atoms with Crippen LogP contribution >= 0.6 is 0 Å². The van der Waals surface area contributed by atoms with E-state index in [1.807, 2.05) is 32.0 Å². The predicted molar refractivity (Wildman–Crippen MR) is 66.9 cm³/mol. The largest absolute Gasteiger partial charge is 0.441 e. The van der Waals surface area contributed by atoms with E-state index in [2.05, 4.69) is 0 Å². The van der Waals surface area contributed by atoms with Gasteiger partial charge in [0.05, 0.1) is 5.69 Å². The maximum absolute atomic E-state index is 11.8. The molecule has 1 atom stereocenters. The van der Waals surface area contributed by atoms with E-state index in [9.17, 15) is 4.79 Å². The molecule has 1 aromatic carbocycles. The Hall–Kier alpha value is -1.55. The van der Waals surface area contributed by atoms with Crippen molar-refractivity contribution in [3.05, 3.63) is 29.3 Å². The molecule has 0 saturated heterocycles. The number of fused-ring (bicyclic) bond motifs is 1. The minimum atomic E-state index is -0.257. The molecular formula is C13H18N2O2. The zero-order valence-electron chi connectivity index (χ0n) is 10.3. The lowest BCUT2D eigenvalue weighted by Crippen LogP contribution is -2.37. The number of hydrogen-bond acceptors (Lipinski definition) is 3. The number of rotatable bonds is 3. The van der Waals surface area contributed by atoms with Crippen molar-refractivity contribution in [3.8, 4) is 0 Å². The highest BCUT2D eigenvalue weighted by Crippen LogP contribution is 2.35. The number of hydrogen-bond donors (Lipinski definition) is 1. The molecule has 4 nitrogen and oxygen atoms in total. The molecule has 0 aliphatic carbocycles. The van der Waals surface area contributed by atoms with Gasteiger partial charge in [0.2, 0.25) is 0 Å². The van der Waals surface area contributed by atoms with Crippen LogP contribution in [0.15, 0.2) is 18.2 Å². The van der Waals surface area contributed by atoms with Gasteiger partial charge < -0.3 is 10.5 Å². The Kier molecular flexibility index (Phi) is 3.33. The Morgan fingerprint density at radius 2 is 2.24 bits per heavy atom. The number of nitrogens with zero attached hydrogens (tertiary/aromatic N) is 1. The van der Waals surface area contributed by atoms with Crippen molar-refractivity contribution in [2.24, 2.45) is 5.73 Å². The van der Waals surface area contributed by atoms with Gasteiger partial charge in [0, 0.05) is 18.7 Å². The molecule has 1 aliphatic rings. The lowest BCUT2D eigenvalue weighted by Gasteiger charge is -2.32. The average molecular weight is 234 g/mol. The Balaban J connectivity index is 2.44. The first-order chi connectivity index (χ1) is 8.17. The summed E-state index contributed by atoms with van der Waals surface area (Å²) < 4.78 is 5.32. The van der Waals surface area contributed by atoms with E-state index in [-0.39, 0.29) is 12.2 Å². The summed E-state index contributed by atoms with van der Waals surface area (Å²) in [5.74, 6) is 0. The van der Waals surface area contributed by atoms with E-state index < -0.39 is 0 Å². The first-order valence-corrected chi connectivity index (χ1v) is 5.98. The first kappa shape index (κ1) is 11.9. The summed E-state index contributed by atoms with van der Waals surface area (Å²) in [6.45, 7) is 5.11. The number of carbonyl (C=O) groups excluding carboxylic acids is 1. The average Bonchev–Trinajstić information content (AvgIpc) is 2.34. The third kappa shape index (κ3) is 2.13. The summed E-state index contributed by atoms with van der Waals surface area (Å²) in [4.78, 5) is 13.5. The molecule has 0 bridgehead atoms. The van der Waals surface area contributed by atoms with E-state index in [1.54, 1.807) is 4.90 Å². The predicted octanol–water partition coefficient (Wildman–Crippen LogP) is 2.57. The van der Waals surface area contributed by atoms with Crippen molar-refractivity contribution in [1.29, 1.82) is 0 Å². The third-order valence-corrected chi connectivity index (χ3v) is 3.00. The third-order valence-electron chi connectivity index (χ3n) is 3.00. The zero-order valence-corrected chi connectivity index (χ0v) is 10.3. The maximum Gasteiger partial charge on any atom is 0.414 e. The van der Waals surface area contributed by atoms with Gasteiger partial charge in [-0.2, -0.15) is 0 Å². The van der Waals surface area contributed by atoms with Crippen LogP contribution in [-0.2, 0) is 11.3 Å². The number of benzene rings is 1. The van der Waals surface area contributed by atoms with E-state index in [1.165, 1.54) is 0 Å². The van der Waals surface area contributed by atoms with E-state index in [0.717, 1.165) is 23.2 Å².